The molecule has 0 aliphatic carbocycles. The smallest absolute Gasteiger partial charge is 0.235 e. The van der Waals surface area contributed by atoms with E-state index in [-0.39, 0.29) is 0 Å². The minimum absolute atomic E-state index is 0.655. The van der Waals surface area contributed by atoms with Gasteiger partial charge in [0.1, 0.15) is 0 Å². The Labute approximate surface area is 231 Å². The van der Waals surface area contributed by atoms with E-state index in [1.807, 2.05) is 12.1 Å². The third-order valence-corrected chi connectivity index (χ3v) is 7.54. The van der Waals surface area contributed by atoms with Gasteiger partial charge in [0.25, 0.3) is 0 Å². The second-order valence-electron chi connectivity index (χ2n) is 9.91. The van der Waals surface area contributed by atoms with Crippen LogP contribution in [0.25, 0.3) is 67.0 Å². The van der Waals surface area contributed by atoms with Crippen LogP contribution in [-0.4, -0.2) is 19.1 Å². The molecule has 0 aliphatic heterocycles. The number of hydrogen-bond donors (Lipinski definition) is 0. The van der Waals surface area contributed by atoms with Gasteiger partial charge in [-0.2, -0.15) is 0 Å². The highest BCUT2D eigenvalue weighted by Gasteiger charge is 2.23. The molecule has 3 heterocycles. The fraction of sp³-hybridized carbons (Fsp3) is 0. The average Bonchev–Trinajstić information content (AvgIpc) is 3.55. The second-order valence-corrected chi connectivity index (χ2v) is 9.91. The molecule has 0 N–H and O–H groups in total. The van der Waals surface area contributed by atoms with Gasteiger partial charge in [0.05, 0.1) is 33.5 Å². The number of para-hydroxylation sites is 3. The Morgan fingerprint density at radius 3 is 1.38 bits per heavy atom. The summed E-state index contributed by atoms with van der Waals surface area (Å²) in [7, 11) is 0. The first-order valence-electron chi connectivity index (χ1n) is 13.5. The van der Waals surface area contributed by atoms with Gasteiger partial charge in [-0.15, -0.1) is 0 Å². The molecule has 0 saturated heterocycles. The van der Waals surface area contributed by atoms with Crippen LogP contribution in [0.2, 0.25) is 0 Å². The molecule has 0 spiro atoms. The lowest BCUT2D eigenvalue weighted by Gasteiger charge is -2.11. The summed E-state index contributed by atoms with van der Waals surface area (Å²) in [5.41, 5.74) is 9.51. The highest BCUT2D eigenvalue weighted by molar-refractivity contribution is 6.19. The van der Waals surface area contributed by atoms with Crippen molar-refractivity contribution in [3.05, 3.63) is 146 Å². The van der Waals surface area contributed by atoms with Gasteiger partial charge in [-0.1, -0.05) is 115 Å². The Morgan fingerprint density at radius 1 is 0.400 bits per heavy atom. The first-order chi connectivity index (χ1) is 19.9. The molecule has 0 unspecified atom stereocenters. The molecule has 0 atom stereocenters. The van der Waals surface area contributed by atoms with Gasteiger partial charge in [0.15, 0.2) is 0 Å². The molecule has 188 valence electrons. The Bertz CT molecular complexity index is 2080. The zero-order valence-electron chi connectivity index (χ0n) is 21.6. The van der Waals surface area contributed by atoms with Crippen molar-refractivity contribution in [1.82, 2.24) is 19.1 Å². The largest absolute Gasteiger partial charge is 0.307 e. The normalized spacial score (nSPS) is 11.5. The summed E-state index contributed by atoms with van der Waals surface area (Å²) in [5, 5.41) is 2.32. The third kappa shape index (κ3) is 3.47. The van der Waals surface area contributed by atoms with E-state index in [4.69, 9.17) is 9.97 Å². The standard InChI is InChI=1S/C36H24N4/c1-4-14-25(15-5-1)30-24-31(26-16-6-2-7-17-26)38-36(37-30)40-33-23-13-11-21-29(33)34-35(40)28-20-10-12-22-32(28)39(34)27-18-8-3-9-19-27/h1-24H. The maximum absolute atomic E-state index is 5.20. The van der Waals surface area contributed by atoms with Gasteiger partial charge >= 0.3 is 0 Å². The van der Waals surface area contributed by atoms with Gasteiger partial charge in [0, 0.05) is 27.6 Å². The van der Waals surface area contributed by atoms with Crippen molar-refractivity contribution in [2.75, 3.05) is 0 Å². The molecular weight excluding hydrogens is 488 g/mol. The summed E-state index contributed by atoms with van der Waals surface area (Å²) in [6.45, 7) is 0. The molecular formula is C36H24N4. The Kier molecular flexibility index (Phi) is 5.10. The minimum atomic E-state index is 0.655. The van der Waals surface area contributed by atoms with Crippen LogP contribution in [0.3, 0.4) is 0 Å². The second kappa shape index (κ2) is 9.07. The van der Waals surface area contributed by atoms with E-state index in [0.717, 1.165) is 61.0 Å². The number of hydrogen-bond acceptors (Lipinski definition) is 2. The first kappa shape index (κ1) is 22.5. The van der Waals surface area contributed by atoms with E-state index >= 15 is 0 Å². The summed E-state index contributed by atoms with van der Waals surface area (Å²) in [6, 6.07) is 50.5. The first-order valence-corrected chi connectivity index (χ1v) is 13.5. The van der Waals surface area contributed by atoms with Crippen molar-refractivity contribution in [1.29, 1.82) is 0 Å². The van der Waals surface area contributed by atoms with Crippen LogP contribution in [0.4, 0.5) is 0 Å². The maximum Gasteiger partial charge on any atom is 0.235 e. The van der Waals surface area contributed by atoms with E-state index < -0.39 is 0 Å². The highest BCUT2D eigenvalue weighted by Crippen LogP contribution is 2.40. The van der Waals surface area contributed by atoms with Gasteiger partial charge in [0.2, 0.25) is 5.95 Å². The molecule has 3 aromatic heterocycles. The van der Waals surface area contributed by atoms with Gasteiger partial charge < -0.3 is 4.57 Å². The molecule has 0 bridgehead atoms. The predicted octanol–water partition coefficient (Wildman–Crippen LogP) is 8.85. The Balaban J connectivity index is 1.53. The zero-order valence-corrected chi connectivity index (χ0v) is 21.6. The van der Waals surface area contributed by atoms with Crippen LogP contribution in [0, 0.1) is 0 Å². The Morgan fingerprint density at radius 2 is 0.825 bits per heavy atom. The Hall–Kier alpha value is -5.48. The summed E-state index contributed by atoms with van der Waals surface area (Å²) < 4.78 is 4.61. The zero-order chi connectivity index (χ0) is 26.5. The summed E-state index contributed by atoms with van der Waals surface area (Å²) >= 11 is 0. The molecule has 5 aromatic carbocycles. The van der Waals surface area contributed by atoms with Crippen LogP contribution in [0.5, 0.6) is 0 Å². The number of aromatic nitrogens is 4. The topological polar surface area (TPSA) is 35.6 Å². The van der Waals surface area contributed by atoms with E-state index in [1.54, 1.807) is 0 Å². The number of rotatable bonds is 4. The van der Waals surface area contributed by atoms with E-state index in [0.29, 0.717) is 5.95 Å². The predicted molar refractivity (Wildman–Crippen MR) is 164 cm³/mol. The van der Waals surface area contributed by atoms with Gasteiger partial charge in [-0.25, -0.2) is 9.97 Å². The van der Waals surface area contributed by atoms with Crippen LogP contribution in [-0.2, 0) is 0 Å². The third-order valence-electron chi connectivity index (χ3n) is 7.54. The van der Waals surface area contributed by atoms with Crippen molar-refractivity contribution < 1.29 is 0 Å². The van der Waals surface area contributed by atoms with Crippen LogP contribution >= 0.6 is 0 Å². The van der Waals surface area contributed by atoms with E-state index in [1.165, 1.54) is 0 Å². The van der Waals surface area contributed by atoms with Crippen molar-refractivity contribution in [3.63, 3.8) is 0 Å². The van der Waals surface area contributed by atoms with Crippen LogP contribution < -0.4 is 0 Å². The molecule has 0 aliphatic rings. The fourth-order valence-electron chi connectivity index (χ4n) is 5.79. The molecule has 40 heavy (non-hydrogen) atoms. The monoisotopic (exact) mass is 512 g/mol. The quantitative estimate of drug-likeness (QED) is 0.236. The molecule has 0 radical (unpaired) electrons. The number of fused-ring (bicyclic) bond motifs is 5. The van der Waals surface area contributed by atoms with Crippen molar-refractivity contribution >= 4 is 32.8 Å². The molecule has 0 amide bonds. The maximum atomic E-state index is 5.20. The molecule has 4 nitrogen and oxygen atoms in total. The van der Waals surface area contributed by atoms with Crippen LogP contribution in [0.15, 0.2) is 146 Å². The minimum Gasteiger partial charge on any atom is -0.307 e. The lowest BCUT2D eigenvalue weighted by atomic mass is 10.1. The highest BCUT2D eigenvalue weighted by atomic mass is 15.2. The number of benzene rings is 5. The van der Waals surface area contributed by atoms with Crippen molar-refractivity contribution in [2.45, 2.75) is 0 Å². The average molecular weight is 513 g/mol. The van der Waals surface area contributed by atoms with Gasteiger partial charge in [-0.05, 0) is 30.3 Å². The van der Waals surface area contributed by atoms with Crippen molar-refractivity contribution in [2.24, 2.45) is 0 Å². The van der Waals surface area contributed by atoms with E-state index in [2.05, 4.69) is 143 Å². The fourth-order valence-corrected chi connectivity index (χ4v) is 5.79. The van der Waals surface area contributed by atoms with Gasteiger partial charge in [-0.3, -0.25) is 4.57 Å². The summed E-state index contributed by atoms with van der Waals surface area (Å²) in [5.74, 6) is 0.655. The van der Waals surface area contributed by atoms with Crippen molar-refractivity contribution in [3.8, 4) is 34.2 Å². The molecule has 8 rings (SSSR count). The number of nitrogens with zero attached hydrogens (tertiary/aromatic N) is 4. The lowest BCUT2D eigenvalue weighted by Crippen LogP contribution is -2.03. The molecule has 0 fully saturated rings. The lowest BCUT2D eigenvalue weighted by molar-refractivity contribution is 0.998. The molecule has 0 saturated carbocycles. The van der Waals surface area contributed by atoms with E-state index in [9.17, 15) is 0 Å². The molecule has 8 aromatic rings. The summed E-state index contributed by atoms with van der Waals surface area (Å²) in [4.78, 5) is 10.4. The summed E-state index contributed by atoms with van der Waals surface area (Å²) in [6.07, 6.45) is 0. The SMILES string of the molecule is c1ccc(-c2cc(-c3ccccc3)nc(-n3c4ccccc4c4c3c3ccccc3n4-c3ccccc3)n2)cc1. The van der Waals surface area contributed by atoms with Crippen LogP contribution in [0.1, 0.15) is 0 Å². The molecule has 4 heteroatoms.